The van der Waals surface area contributed by atoms with Crippen molar-refractivity contribution < 1.29 is 5.11 Å². The molecule has 0 saturated carbocycles. The maximum absolute atomic E-state index is 10.1. The quantitative estimate of drug-likeness (QED) is 0.792. The molecule has 0 fully saturated rings. The van der Waals surface area contributed by atoms with E-state index in [1.165, 1.54) is 0 Å². The third kappa shape index (κ3) is 3.13. The van der Waals surface area contributed by atoms with E-state index < -0.39 is 5.60 Å². The summed E-state index contributed by atoms with van der Waals surface area (Å²) < 4.78 is 0. The fraction of sp³-hybridized carbons (Fsp3) is 0.727. The Bertz CT molecular complexity index is 350. The molecule has 1 aromatic heterocycles. The van der Waals surface area contributed by atoms with E-state index in [2.05, 4.69) is 20.5 Å². The monoisotopic (exact) mass is 224 g/mol. The maximum Gasteiger partial charge on any atom is 0.243 e. The summed E-state index contributed by atoms with van der Waals surface area (Å²) in [5.41, 5.74) is 0.989. The molecule has 0 bridgehead atoms. The van der Waals surface area contributed by atoms with Gasteiger partial charge in [-0.2, -0.15) is 5.10 Å². The number of aliphatic hydroxyl groups is 1. The molecule has 5 heteroatoms. The maximum atomic E-state index is 10.1. The summed E-state index contributed by atoms with van der Waals surface area (Å²) in [6, 6.07) is 0. The molecular formula is C11H20N4O. The summed E-state index contributed by atoms with van der Waals surface area (Å²) in [5, 5.41) is 21.0. The van der Waals surface area contributed by atoms with Gasteiger partial charge in [0.1, 0.15) is 0 Å². The highest BCUT2D eigenvalue weighted by Crippen LogP contribution is 2.14. The first-order valence-electron chi connectivity index (χ1n) is 5.65. The van der Waals surface area contributed by atoms with E-state index in [1.54, 1.807) is 0 Å². The van der Waals surface area contributed by atoms with Gasteiger partial charge >= 0.3 is 0 Å². The van der Waals surface area contributed by atoms with Crippen LogP contribution in [0, 0.1) is 13.8 Å². The molecule has 16 heavy (non-hydrogen) atoms. The average Bonchev–Trinajstić information content (AvgIpc) is 2.30. The second-order valence-electron chi connectivity index (χ2n) is 4.09. The molecule has 0 aliphatic heterocycles. The Balaban J connectivity index is 2.64. The topological polar surface area (TPSA) is 70.9 Å². The van der Waals surface area contributed by atoms with Crippen molar-refractivity contribution in [2.45, 2.75) is 46.1 Å². The zero-order valence-electron chi connectivity index (χ0n) is 10.4. The van der Waals surface area contributed by atoms with Crippen LogP contribution in [-0.4, -0.2) is 32.4 Å². The first kappa shape index (κ1) is 12.8. The summed E-state index contributed by atoms with van der Waals surface area (Å²) in [4.78, 5) is 4.25. The predicted octanol–water partition coefficient (Wildman–Crippen LogP) is 1.45. The molecule has 90 valence electrons. The smallest absolute Gasteiger partial charge is 0.243 e. The van der Waals surface area contributed by atoms with Crippen LogP contribution in [0.5, 0.6) is 0 Å². The number of nitrogens with one attached hydrogen (secondary N) is 1. The summed E-state index contributed by atoms with van der Waals surface area (Å²) in [5.74, 6) is 0.475. The molecule has 1 aromatic rings. The summed E-state index contributed by atoms with van der Waals surface area (Å²) in [7, 11) is 0. The second-order valence-corrected chi connectivity index (χ2v) is 4.09. The lowest BCUT2D eigenvalue weighted by Gasteiger charge is -2.25. The molecule has 1 rings (SSSR count). The van der Waals surface area contributed by atoms with Crippen LogP contribution < -0.4 is 5.32 Å². The highest BCUT2D eigenvalue weighted by Gasteiger charge is 2.22. The van der Waals surface area contributed by atoms with Gasteiger partial charge in [0.05, 0.1) is 17.0 Å². The van der Waals surface area contributed by atoms with Gasteiger partial charge in [-0.3, -0.25) is 0 Å². The summed E-state index contributed by atoms with van der Waals surface area (Å²) in [6.07, 6.45) is 1.41. The van der Waals surface area contributed by atoms with Crippen LogP contribution in [0.3, 0.4) is 0 Å². The minimum atomic E-state index is -0.692. The Labute approximate surface area is 96.3 Å². The Morgan fingerprint density at radius 2 is 1.75 bits per heavy atom. The van der Waals surface area contributed by atoms with Gasteiger partial charge in [0, 0.05) is 6.54 Å². The largest absolute Gasteiger partial charge is 0.388 e. The summed E-state index contributed by atoms with van der Waals surface area (Å²) >= 11 is 0. The molecule has 0 spiro atoms. The van der Waals surface area contributed by atoms with Crippen LogP contribution in [0.2, 0.25) is 0 Å². The van der Waals surface area contributed by atoms with Crippen LogP contribution in [0.15, 0.2) is 0 Å². The number of aromatic nitrogens is 3. The third-order valence-electron chi connectivity index (χ3n) is 2.98. The lowest BCUT2D eigenvalue weighted by Crippen LogP contribution is -2.35. The Kier molecular flexibility index (Phi) is 4.18. The SMILES string of the molecule is CCC(O)(CC)CNc1nnc(C)c(C)n1. The van der Waals surface area contributed by atoms with E-state index in [-0.39, 0.29) is 0 Å². The number of aryl methyl sites for hydroxylation is 2. The highest BCUT2D eigenvalue weighted by atomic mass is 16.3. The zero-order chi connectivity index (χ0) is 12.2. The third-order valence-corrected chi connectivity index (χ3v) is 2.98. The van der Waals surface area contributed by atoms with Gasteiger partial charge in [0.2, 0.25) is 5.95 Å². The van der Waals surface area contributed by atoms with Crippen molar-refractivity contribution in [2.24, 2.45) is 0 Å². The van der Waals surface area contributed by atoms with Crippen LogP contribution in [-0.2, 0) is 0 Å². The lowest BCUT2D eigenvalue weighted by atomic mass is 9.98. The van der Waals surface area contributed by atoms with Crippen molar-refractivity contribution in [3.8, 4) is 0 Å². The molecular weight excluding hydrogens is 204 g/mol. The number of anilines is 1. The first-order chi connectivity index (χ1) is 7.50. The van der Waals surface area contributed by atoms with Gasteiger partial charge in [-0.25, -0.2) is 4.98 Å². The lowest BCUT2D eigenvalue weighted by molar-refractivity contribution is 0.0455. The molecule has 0 aliphatic carbocycles. The van der Waals surface area contributed by atoms with E-state index >= 15 is 0 Å². The van der Waals surface area contributed by atoms with Gasteiger partial charge in [0.15, 0.2) is 0 Å². The zero-order valence-corrected chi connectivity index (χ0v) is 10.4. The van der Waals surface area contributed by atoms with Crippen molar-refractivity contribution in [3.63, 3.8) is 0 Å². The minimum Gasteiger partial charge on any atom is -0.388 e. The van der Waals surface area contributed by atoms with E-state index in [1.807, 2.05) is 27.7 Å². The average molecular weight is 224 g/mol. The standard InChI is InChI=1S/C11H20N4O/c1-5-11(16,6-2)7-12-10-13-8(3)9(4)14-15-10/h16H,5-7H2,1-4H3,(H,12,13,15). The molecule has 5 nitrogen and oxygen atoms in total. The van der Waals surface area contributed by atoms with Crippen LogP contribution in [0.1, 0.15) is 38.1 Å². The molecule has 0 amide bonds. The van der Waals surface area contributed by atoms with Crippen LogP contribution >= 0.6 is 0 Å². The van der Waals surface area contributed by atoms with E-state index in [4.69, 9.17) is 0 Å². The number of nitrogens with zero attached hydrogens (tertiary/aromatic N) is 3. The Morgan fingerprint density at radius 3 is 2.25 bits per heavy atom. The Morgan fingerprint density at radius 1 is 1.12 bits per heavy atom. The normalized spacial score (nSPS) is 11.6. The molecule has 0 aromatic carbocycles. The van der Waals surface area contributed by atoms with Gasteiger partial charge in [0.25, 0.3) is 0 Å². The molecule has 2 N–H and O–H groups in total. The summed E-state index contributed by atoms with van der Waals surface area (Å²) in [6.45, 7) is 8.13. The van der Waals surface area contributed by atoms with Crippen molar-refractivity contribution in [2.75, 3.05) is 11.9 Å². The molecule has 0 radical (unpaired) electrons. The highest BCUT2D eigenvalue weighted by molar-refractivity contribution is 5.25. The fourth-order valence-corrected chi connectivity index (χ4v) is 1.28. The van der Waals surface area contributed by atoms with Crippen molar-refractivity contribution >= 4 is 5.95 Å². The molecule has 0 atom stereocenters. The van der Waals surface area contributed by atoms with Gasteiger partial charge in [-0.1, -0.05) is 13.8 Å². The number of hydrogen-bond acceptors (Lipinski definition) is 5. The van der Waals surface area contributed by atoms with E-state index in [9.17, 15) is 5.11 Å². The number of rotatable bonds is 5. The van der Waals surface area contributed by atoms with Crippen molar-refractivity contribution in [1.29, 1.82) is 0 Å². The van der Waals surface area contributed by atoms with Gasteiger partial charge in [-0.05, 0) is 26.7 Å². The fourth-order valence-electron chi connectivity index (χ4n) is 1.28. The van der Waals surface area contributed by atoms with Crippen molar-refractivity contribution in [1.82, 2.24) is 15.2 Å². The number of hydrogen-bond donors (Lipinski definition) is 2. The molecule has 0 aliphatic rings. The van der Waals surface area contributed by atoms with Gasteiger partial charge < -0.3 is 10.4 Å². The first-order valence-corrected chi connectivity index (χ1v) is 5.65. The van der Waals surface area contributed by atoms with Crippen molar-refractivity contribution in [3.05, 3.63) is 11.4 Å². The van der Waals surface area contributed by atoms with Gasteiger partial charge in [-0.15, -0.1) is 5.10 Å². The molecule has 1 heterocycles. The Hall–Kier alpha value is -1.23. The van der Waals surface area contributed by atoms with Crippen LogP contribution in [0.4, 0.5) is 5.95 Å². The minimum absolute atomic E-state index is 0.449. The predicted molar refractivity (Wildman–Crippen MR) is 63.3 cm³/mol. The molecule has 0 unspecified atom stereocenters. The molecule has 0 saturated heterocycles. The van der Waals surface area contributed by atoms with Crippen LogP contribution in [0.25, 0.3) is 0 Å². The van der Waals surface area contributed by atoms with E-state index in [0.29, 0.717) is 25.3 Å². The second kappa shape index (κ2) is 5.21. The van der Waals surface area contributed by atoms with E-state index in [0.717, 1.165) is 11.4 Å².